The largest absolute Gasteiger partial charge is 0.388 e. The molecule has 0 radical (unpaired) electrons. The second-order valence-electron chi connectivity index (χ2n) is 6.00. The molecule has 3 rings (SSSR count). The molecule has 2 atom stereocenters. The Bertz CT molecular complexity index is 423. The molecular weight excluding hydrogens is 224 g/mol. The first kappa shape index (κ1) is 12.2. The summed E-state index contributed by atoms with van der Waals surface area (Å²) < 4.78 is 5.93. The molecule has 1 aromatic carbocycles. The van der Waals surface area contributed by atoms with Crippen molar-refractivity contribution in [3.63, 3.8) is 0 Å². The van der Waals surface area contributed by atoms with Crippen LogP contribution in [0.3, 0.4) is 0 Å². The lowest BCUT2D eigenvalue weighted by Crippen LogP contribution is -2.46. The van der Waals surface area contributed by atoms with Crippen molar-refractivity contribution < 1.29 is 9.84 Å². The minimum atomic E-state index is -0.328. The topological polar surface area (TPSA) is 29.5 Å². The Hall–Kier alpha value is -0.860. The molecule has 1 aliphatic heterocycles. The lowest BCUT2D eigenvalue weighted by molar-refractivity contribution is -0.157. The second kappa shape index (κ2) is 4.67. The van der Waals surface area contributed by atoms with Gasteiger partial charge in [0.25, 0.3) is 0 Å². The smallest absolute Gasteiger partial charge is 0.0820 e. The molecule has 1 spiro atoms. The molecule has 2 nitrogen and oxygen atoms in total. The zero-order valence-electron chi connectivity index (χ0n) is 11.1. The fourth-order valence-electron chi connectivity index (χ4n) is 3.38. The normalized spacial score (nSPS) is 27.8. The minimum Gasteiger partial charge on any atom is -0.388 e. The van der Waals surface area contributed by atoms with Gasteiger partial charge in [0.1, 0.15) is 0 Å². The van der Waals surface area contributed by atoms with E-state index >= 15 is 0 Å². The summed E-state index contributed by atoms with van der Waals surface area (Å²) in [6.45, 7) is 2.89. The summed E-state index contributed by atoms with van der Waals surface area (Å²) in [6.07, 6.45) is 5.34. The molecule has 0 amide bonds. The van der Waals surface area contributed by atoms with Gasteiger partial charge >= 0.3 is 0 Å². The quantitative estimate of drug-likeness (QED) is 0.867. The Morgan fingerprint density at radius 3 is 2.89 bits per heavy atom. The number of benzene rings is 1. The van der Waals surface area contributed by atoms with Crippen molar-refractivity contribution in [2.45, 2.75) is 50.7 Å². The molecule has 0 bridgehead atoms. The maximum atomic E-state index is 10.6. The highest BCUT2D eigenvalue weighted by molar-refractivity contribution is 5.24. The summed E-state index contributed by atoms with van der Waals surface area (Å²) in [4.78, 5) is 0. The van der Waals surface area contributed by atoms with Gasteiger partial charge in [0.05, 0.1) is 11.7 Å². The zero-order chi connectivity index (χ0) is 12.6. The highest BCUT2D eigenvalue weighted by atomic mass is 16.5. The van der Waals surface area contributed by atoms with Crippen LogP contribution in [0.15, 0.2) is 24.3 Å². The maximum Gasteiger partial charge on any atom is 0.0820 e. The van der Waals surface area contributed by atoms with Crippen molar-refractivity contribution in [1.29, 1.82) is 0 Å². The highest BCUT2D eigenvalue weighted by Crippen LogP contribution is 2.47. The number of hydrogen-bond acceptors (Lipinski definition) is 2. The van der Waals surface area contributed by atoms with E-state index in [4.69, 9.17) is 4.74 Å². The monoisotopic (exact) mass is 246 g/mol. The van der Waals surface area contributed by atoms with Gasteiger partial charge in [-0.3, -0.25) is 0 Å². The van der Waals surface area contributed by atoms with E-state index in [2.05, 4.69) is 19.1 Å². The van der Waals surface area contributed by atoms with E-state index in [0.29, 0.717) is 5.92 Å². The number of aryl methyl sites for hydroxylation is 1. The molecule has 2 aliphatic rings. The molecule has 0 aromatic heterocycles. The minimum absolute atomic E-state index is 0.119. The van der Waals surface area contributed by atoms with Crippen molar-refractivity contribution in [3.8, 4) is 0 Å². The van der Waals surface area contributed by atoms with Crippen LogP contribution in [-0.4, -0.2) is 17.3 Å². The Morgan fingerprint density at radius 1 is 1.39 bits per heavy atom. The van der Waals surface area contributed by atoms with E-state index < -0.39 is 0 Å². The third kappa shape index (κ3) is 2.19. The molecule has 2 unspecified atom stereocenters. The molecule has 1 N–H and O–H groups in total. The van der Waals surface area contributed by atoms with E-state index in [9.17, 15) is 5.11 Å². The van der Waals surface area contributed by atoms with Crippen molar-refractivity contribution in [1.82, 2.24) is 0 Å². The zero-order valence-corrected chi connectivity index (χ0v) is 11.1. The highest BCUT2D eigenvalue weighted by Gasteiger charge is 2.44. The van der Waals surface area contributed by atoms with Crippen LogP contribution in [0.2, 0.25) is 0 Å². The summed E-state index contributed by atoms with van der Waals surface area (Å²) >= 11 is 0. The second-order valence-corrected chi connectivity index (χ2v) is 6.00. The van der Waals surface area contributed by atoms with Crippen molar-refractivity contribution in [3.05, 3.63) is 35.4 Å². The van der Waals surface area contributed by atoms with Crippen molar-refractivity contribution in [2.75, 3.05) is 6.61 Å². The number of ether oxygens (including phenoxy) is 1. The van der Waals surface area contributed by atoms with Gasteiger partial charge in [0, 0.05) is 6.61 Å². The van der Waals surface area contributed by atoms with Crippen LogP contribution in [0.5, 0.6) is 0 Å². The van der Waals surface area contributed by atoms with Gasteiger partial charge in [0.15, 0.2) is 0 Å². The molecule has 1 aliphatic carbocycles. The molecule has 1 aromatic rings. The predicted octanol–water partition coefficient (Wildman–Crippen LogP) is 3.38. The molecule has 1 saturated heterocycles. The fraction of sp³-hybridized carbons (Fsp3) is 0.625. The Balaban J connectivity index is 1.73. The Labute approximate surface area is 109 Å². The van der Waals surface area contributed by atoms with Crippen LogP contribution in [0, 0.1) is 12.8 Å². The maximum absolute atomic E-state index is 10.6. The van der Waals surface area contributed by atoms with Crippen LogP contribution in [0.25, 0.3) is 0 Å². The van der Waals surface area contributed by atoms with Gasteiger partial charge in [-0.15, -0.1) is 0 Å². The molecule has 2 heteroatoms. The van der Waals surface area contributed by atoms with E-state index in [1.54, 1.807) is 0 Å². The molecular formula is C16H22O2. The SMILES string of the molecule is Cc1cccc(C(O)C2CCOC3(CCC3)C2)c1. The molecule has 1 heterocycles. The average molecular weight is 246 g/mol. The predicted molar refractivity (Wildman–Crippen MR) is 71.4 cm³/mol. The Kier molecular flexibility index (Phi) is 3.16. The molecule has 2 fully saturated rings. The number of rotatable bonds is 2. The van der Waals surface area contributed by atoms with Gasteiger partial charge in [-0.1, -0.05) is 29.8 Å². The van der Waals surface area contributed by atoms with Gasteiger partial charge in [-0.2, -0.15) is 0 Å². The van der Waals surface area contributed by atoms with Gasteiger partial charge in [-0.25, -0.2) is 0 Å². The summed E-state index contributed by atoms with van der Waals surface area (Å²) in [5.74, 6) is 0.362. The van der Waals surface area contributed by atoms with Crippen LogP contribution < -0.4 is 0 Å². The van der Waals surface area contributed by atoms with E-state index in [1.165, 1.54) is 24.8 Å². The third-order valence-electron chi connectivity index (χ3n) is 4.63. The van der Waals surface area contributed by atoms with E-state index in [0.717, 1.165) is 25.0 Å². The first-order valence-electron chi connectivity index (χ1n) is 7.07. The standard InChI is InChI=1S/C16H22O2/c1-12-4-2-5-13(10-12)15(17)14-6-9-18-16(11-14)7-3-8-16/h2,4-5,10,14-15,17H,3,6-9,11H2,1H3. The Morgan fingerprint density at radius 2 is 2.22 bits per heavy atom. The first-order chi connectivity index (χ1) is 8.69. The van der Waals surface area contributed by atoms with Crippen LogP contribution in [-0.2, 0) is 4.74 Å². The van der Waals surface area contributed by atoms with Crippen molar-refractivity contribution >= 4 is 0 Å². The summed E-state index contributed by atoms with van der Waals surface area (Å²) in [6, 6.07) is 8.26. The van der Waals surface area contributed by atoms with Crippen LogP contribution >= 0.6 is 0 Å². The summed E-state index contributed by atoms with van der Waals surface area (Å²) in [5, 5.41) is 10.6. The average Bonchev–Trinajstić information content (AvgIpc) is 2.36. The lowest BCUT2D eigenvalue weighted by Gasteiger charge is -2.48. The number of aliphatic hydroxyl groups is 1. The summed E-state index contributed by atoms with van der Waals surface area (Å²) in [7, 11) is 0. The van der Waals surface area contributed by atoms with E-state index in [-0.39, 0.29) is 11.7 Å². The number of hydrogen-bond donors (Lipinski definition) is 1. The molecule has 18 heavy (non-hydrogen) atoms. The van der Waals surface area contributed by atoms with Gasteiger partial charge < -0.3 is 9.84 Å². The summed E-state index contributed by atoms with van der Waals surface area (Å²) in [5.41, 5.74) is 2.40. The lowest BCUT2D eigenvalue weighted by atomic mass is 9.70. The van der Waals surface area contributed by atoms with E-state index in [1.807, 2.05) is 12.1 Å². The van der Waals surface area contributed by atoms with Crippen molar-refractivity contribution in [2.24, 2.45) is 5.92 Å². The molecule has 1 saturated carbocycles. The number of aliphatic hydroxyl groups excluding tert-OH is 1. The first-order valence-corrected chi connectivity index (χ1v) is 7.07. The van der Waals surface area contributed by atoms with Gasteiger partial charge in [0.2, 0.25) is 0 Å². The van der Waals surface area contributed by atoms with Crippen LogP contribution in [0.4, 0.5) is 0 Å². The van der Waals surface area contributed by atoms with Gasteiger partial charge in [-0.05, 0) is 50.5 Å². The van der Waals surface area contributed by atoms with Crippen LogP contribution in [0.1, 0.15) is 49.3 Å². The third-order valence-corrected chi connectivity index (χ3v) is 4.63. The molecule has 98 valence electrons. The fourth-order valence-corrected chi connectivity index (χ4v) is 3.38.